The first kappa shape index (κ1) is 14.3. The Balaban J connectivity index is 2.05. The summed E-state index contributed by atoms with van der Waals surface area (Å²) in [4.78, 5) is 4.10. The van der Waals surface area contributed by atoms with Crippen molar-refractivity contribution >= 4 is 0 Å². The number of aromatic nitrogens is 1. The van der Waals surface area contributed by atoms with Crippen LogP contribution in [0.3, 0.4) is 0 Å². The molecular weight excluding hydrogens is 243 g/mol. The Kier molecular flexibility index (Phi) is 5.14. The third-order valence-electron chi connectivity index (χ3n) is 3.85. The van der Waals surface area contributed by atoms with Crippen molar-refractivity contribution in [2.75, 3.05) is 7.05 Å². The van der Waals surface area contributed by atoms with Crippen molar-refractivity contribution < 1.29 is 9.13 Å². The van der Waals surface area contributed by atoms with Gasteiger partial charge in [-0.1, -0.05) is 19.8 Å². The molecule has 2 rings (SSSR count). The van der Waals surface area contributed by atoms with E-state index in [-0.39, 0.29) is 11.9 Å². The van der Waals surface area contributed by atoms with E-state index >= 15 is 0 Å². The number of halogens is 1. The first-order valence-corrected chi connectivity index (χ1v) is 7.18. The molecule has 0 amide bonds. The van der Waals surface area contributed by atoms with Crippen molar-refractivity contribution in [2.24, 2.45) is 5.92 Å². The highest BCUT2D eigenvalue weighted by Gasteiger charge is 2.23. The maximum absolute atomic E-state index is 13.2. The lowest BCUT2D eigenvalue weighted by molar-refractivity contribution is 0.115. The van der Waals surface area contributed by atoms with Crippen molar-refractivity contribution in [3.8, 4) is 5.88 Å². The van der Waals surface area contributed by atoms with Gasteiger partial charge in [0.2, 0.25) is 5.88 Å². The van der Waals surface area contributed by atoms with Gasteiger partial charge >= 0.3 is 0 Å². The minimum absolute atomic E-state index is 0.229. The first-order valence-electron chi connectivity index (χ1n) is 7.18. The average Bonchev–Trinajstić information content (AvgIpc) is 2.42. The van der Waals surface area contributed by atoms with E-state index in [1.807, 2.05) is 7.05 Å². The molecule has 0 saturated heterocycles. The van der Waals surface area contributed by atoms with Gasteiger partial charge in [-0.3, -0.25) is 0 Å². The summed E-state index contributed by atoms with van der Waals surface area (Å²) in [6.07, 6.45) is 7.35. The van der Waals surface area contributed by atoms with E-state index in [2.05, 4.69) is 17.2 Å². The third-order valence-corrected chi connectivity index (χ3v) is 3.85. The molecular formula is C15H23FN2O. The monoisotopic (exact) mass is 266 g/mol. The van der Waals surface area contributed by atoms with Crippen molar-refractivity contribution in [3.63, 3.8) is 0 Å². The van der Waals surface area contributed by atoms with Crippen molar-refractivity contribution in [2.45, 2.75) is 51.7 Å². The lowest BCUT2D eigenvalue weighted by atomic mass is 9.85. The molecule has 2 atom stereocenters. The molecule has 0 radical (unpaired) electrons. The molecule has 1 heterocycles. The Morgan fingerprint density at radius 1 is 1.47 bits per heavy atom. The fourth-order valence-electron chi connectivity index (χ4n) is 2.77. The van der Waals surface area contributed by atoms with Crippen LogP contribution in [0.25, 0.3) is 0 Å². The zero-order valence-electron chi connectivity index (χ0n) is 11.8. The molecule has 2 unspecified atom stereocenters. The smallest absolute Gasteiger partial charge is 0.218 e. The standard InChI is InChI=1S/C15H23FN2O/c1-3-11-5-4-6-14(7-11)19-15-12(9-17-2)8-13(16)10-18-15/h8,10-11,14,17H,3-7,9H2,1-2H3. The molecule has 0 aromatic carbocycles. The molecule has 1 aliphatic carbocycles. The van der Waals surface area contributed by atoms with E-state index in [0.717, 1.165) is 24.3 Å². The van der Waals surface area contributed by atoms with Crippen LogP contribution < -0.4 is 10.1 Å². The number of ether oxygens (including phenoxy) is 1. The molecule has 1 aromatic rings. The first-order chi connectivity index (χ1) is 9.22. The summed E-state index contributed by atoms with van der Waals surface area (Å²) in [6, 6.07) is 1.50. The summed E-state index contributed by atoms with van der Waals surface area (Å²) in [5.41, 5.74) is 0.793. The van der Waals surface area contributed by atoms with Crippen LogP contribution in [-0.4, -0.2) is 18.1 Å². The lowest BCUT2D eigenvalue weighted by Gasteiger charge is -2.29. The molecule has 1 N–H and O–H groups in total. The van der Waals surface area contributed by atoms with E-state index in [4.69, 9.17) is 4.74 Å². The molecule has 0 spiro atoms. The summed E-state index contributed by atoms with van der Waals surface area (Å²) in [7, 11) is 1.84. The van der Waals surface area contributed by atoms with E-state index in [1.54, 1.807) is 0 Å². The van der Waals surface area contributed by atoms with Crippen LogP contribution in [-0.2, 0) is 6.54 Å². The highest BCUT2D eigenvalue weighted by Crippen LogP contribution is 2.30. The van der Waals surface area contributed by atoms with Crippen molar-refractivity contribution in [3.05, 3.63) is 23.6 Å². The fraction of sp³-hybridized carbons (Fsp3) is 0.667. The molecule has 1 saturated carbocycles. The second-order valence-corrected chi connectivity index (χ2v) is 5.33. The van der Waals surface area contributed by atoms with Crippen LogP contribution in [0.1, 0.15) is 44.6 Å². The van der Waals surface area contributed by atoms with Gasteiger partial charge < -0.3 is 10.1 Å². The second-order valence-electron chi connectivity index (χ2n) is 5.33. The lowest BCUT2D eigenvalue weighted by Crippen LogP contribution is -2.26. The van der Waals surface area contributed by atoms with Gasteiger partial charge in [-0.2, -0.15) is 0 Å². The number of nitrogens with one attached hydrogen (secondary N) is 1. The topological polar surface area (TPSA) is 34.1 Å². The van der Waals surface area contributed by atoms with Crippen molar-refractivity contribution in [1.82, 2.24) is 10.3 Å². The zero-order chi connectivity index (χ0) is 13.7. The molecule has 1 aromatic heterocycles. The van der Waals surface area contributed by atoms with Crippen molar-refractivity contribution in [1.29, 1.82) is 0 Å². The Morgan fingerprint density at radius 2 is 2.32 bits per heavy atom. The van der Waals surface area contributed by atoms with E-state index < -0.39 is 0 Å². The molecule has 0 aliphatic heterocycles. The average molecular weight is 266 g/mol. The van der Waals surface area contributed by atoms with Gasteiger partial charge in [0.1, 0.15) is 11.9 Å². The number of hydrogen-bond acceptors (Lipinski definition) is 3. The Bertz CT molecular complexity index is 411. The quantitative estimate of drug-likeness (QED) is 0.888. The Morgan fingerprint density at radius 3 is 3.05 bits per heavy atom. The fourth-order valence-corrected chi connectivity index (χ4v) is 2.77. The highest BCUT2D eigenvalue weighted by atomic mass is 19.1. The second kappa shape index (κ2) is 6.85. The minimum atomic E-state index is -0.312. The summed E-state index contributed by atoms with van der Waals surface area (Å²) in [5, 5.41) is 3.02. The summed E-state index contributed by atoms with van der Waals surface area (Å²) in [5.74, 6) is 1.03. The highest BCUT2D eigenvalue weighted by molar-refractivity contribution is 5.26. The summed E-state index contributed by atoms with van der Waals surface area (Å²) < 4.78 is 19.2. The molecule has 1 fully saturated rings. The maximum Gasteiger partial charge on any atom is 0.218 e. The largest absolute Gasteiger partial charge is 0.474 e. The van der Waals surface area contributed by atoms with Gasteiger partial charge in [0, 0.05) is 12.1 Å². The summed E-state index contributed by atoms with van der Waals surface area (Å²) >= 11 is 0. The van der Waals surface area contributed by atoms with Gasteiger partial charge in [0.25, 0.3) is 0 Å². The number of rotatable bonds is 5. The number of pyridine rings is 1. The number of hydrogen-bond donors (Lipinski definition) is 1. The maximum atomic E-state index is 13.2. The molecule has 4 heteroatoms. The van der Waals surface area contributed by atoms with Gasteiger partial charge in [0.15, 0.2) is 0 Å². The summed E-state index contributed by atoms with van der Waals surface area (Å²) in [6.45, 7) is 2.81. The molecule has 19 heavy (non-hydrogen) atoms. The van der Waals surface area contributed by atoms with Gasteiger partial charge in [-0.05, 0) is 38.3 Å². The zero-order valence-corrected chi connectivity index (χ0v) is 11.8. The predicted molar refractivity (Wildman–Crippen MR) is 73.6 cm³/mol. The van der Waals surface area contributed by atoms with Gasteiger partial charge in [-0.25, -0.2) is 9.37 Å². The van der Waals surface area contributed by atoms with Crippen LogP contribution in [0.2, 0.25) is 0 Å². The molecule has 106 valence electrons. The van der Waals surface area contributed by atoms with Crippen LogP contribution in [0.4, 0.5) is 4.39 Å². The van der Waals surface area contributed by atoms with Crippen LogP contribution in [0.5, 0.6) is 5.88 Å². The molecule has 3 nitrogen and oxygen atoms in total. The Labute approximate surface area is 114 Å². The predicted octanol–water partition coefficient (Wildman–Crippen LogP) is 3.29. The van der Waals surface area contributed by atoms with Crippen LogP contribution in [0.15, 0.2) is 12.3 Å². The van der Waals surface area contributed by atoms with E-state index in [1.165, 1.54) is 31.5 Å². The van der Waals surface area contributed by atoms with Crippen LogP contribution >= 0.6 is 0 Å². The SMILES string of the molecule is CCC1CCCC(Oc2ncc(F)cc2CNC)C1. The molecule has 1 aliphatic rings. The Hall–Kier alpha value is -1.16. The van der Waals surface area contributed by atoms with Gasteiger partial charge in [0.05, 0.1) is 6.20 Å². The minimum Gasteiger partial charge on any atom is -0.474 e. The number of nitrogens with zero attached hydrogens (tertiary/aromatic N) is 1. The normalized spacial score (nSPS) is 23.3. The van der Waals surface area contributed by atoms with E-state index in [0.29, 0.717) is 12.4 Å². The molecule has 0 bridgehead atoms. The third kappa shape index (κ3) is 3.90. The van der Waals surface area contributed by atoms with E-state index in [9.17, 15) is 4.39 Å². The van der Waals surface area contributed by atoms with Crippen LogP contribution in [0, 0.1) is 11.7 Å². The van der Waals surface area contributed by atoms with Gasteiger partial charge in [-0.15, -0.1) is 0 Å².